The first-order valence-corrected chi connectivity index (χ1v) is 43.5. The average Bonchev–Trinajstić information content (AvgIpc) is 0.962. The smallest absolute Gasteiger partial charge is 0.462 e. The van der Waals surface area contributed by atoms with E-state index in [0.29, 0.717) is 32.1 Å². The van der Waals surface area contributed by atoms with Gasteiger partial charge in [-0.2, -0.15) is 0 Å². The van der Waals surface area contributed by atoms with Gasteiger partial charge in [0.25, 0.3) is 0 Å². The van der Waals surface area contributed by atoms with Crippen molar-refractivity contribution in [3.8, 4) is 0 Å². The number of hydrogen-bond donors (Lipinski definition) is 3. The summed E-state index contributed by atoms with van der Waals surface area (Å²) < 4.78 is 68.6. The number of phosphoric ester groups is 2. The van der Waals surface area contributed by atoms with Gasteiger partial charge in [0.05, 0.1) is 26.4 Å². The number of carbonyl (C=O) groups excluding carboxylic acids is 4. The molecular formula is C81H148O17P2. The zero-order valence-corrected chi connectivity index (χ0v) is 65.7. The molecule has 0 spiro atoms. The van der Waals surface area contributed by atoms with Crippen LogP contribution < -0.4 is 0 Å². The number of ether oxygens (including phenoxy) is 4. The molecule has 0 rings (SSSR count). The van der Waals surface area contributed by atoms with Crippen molar-refractivity contribution >= 4 is 39.5 Å². The normalized spacial score (nSPS) is 14.2. The molecule has 0 radical (unpaired) electrons. The minimum atomic E-state index is -4.98. The first-order valence-electron chi connectivity index (χ1n) is 40.5. The molecular weight excluding hydrogens is 1310 g/mol. The van der Waals surface area contributed by atoms with Gasteiger partial charge in [0.15, 0.2) is 12.2 Å². The van der Waals surface area contributed by atoms with Crippen LogP contribution in [0.5, 0.6) is 0 Å². The molecule has 0 heterocycles. The van der Waals surface area contributed by atoms with E-state index in [4.69, 9.17) is 37.0 Å². The quantitative estimate of drug-likeness (QED) is 0.0169. The van der Waals surface area contributed by atoms with E-state index in [1.807, 2.05) is 12.2 Å². The summed E-state index contributed by atoms with van der Waals surface area (Å²) in [5.74, 6) is -2.21. The maximum absolute atomic E-state index is 13.1. The van der Waals surface area contributed by atoms with Gasteiger partial charge in [-0.15, -0.1) is 0 Å². The van der Waals surface area contributed by atoms with Crippen LogP contribution >= 0.6 is 15.6 Å². The highest BCUT2D eigenvalue weighted by atomic mass is 31.2. The molecule has 2 unspecified atom stereocenters. The van der Waals surface area contributed by atoms with Gasteiger partial charge < -0.3 is 33.8 Å². The minimum absolute atomic E-state index is 0.0243. The summed E-state index contributed by atoms with van der Waals surface area (Å²) in [6, 6.07) is 0. The summed E-state index contributed by atoms with van der Waals surface area (Å²) in [5, 5.41) is 10.6. The van der Waals surface area contributed by atoms with Crippen LogP contribution in [0.1, 0.15) is 374 Å². The average molecular weight is 1460 g/mol. The summed E-state index contributed by atoms with van der Waals surface area (Å²) in [7, 11) is -9.96. The zero-order chi connectivity index (χ0) is 73.2. The van der Waals surface area contributed by atoms with E-state index in [1.165, 1.54) is 186 Å². The van der Waals surface area contributed by atoms with Gasteiger partial charge in [0, 0.05) is 25.7 Å². The highest BCUT2D eigenvalue weighted by Crippen LogP contribution is 2.45. The molecule has 0 fully saturated rings. The SMILES string of the molecule is CCCCC/C=C\C/C=C\C/C=C\C/C=C\CCCC(=O)O[C@H](COC(=O)CCCCCCCCCCCCCCCCC)COP(=O)(O)OC[C@@H](O)COP(=O)(O)OC[C@@H](COC(=O)CCCCCCCCCCCCCCCCC)OC(=O)CCCCCCC/C=C\CCCCCC. The van der Waals surface area contributed by atoms with Crippen molar-refractivity contribution in [1.82, 2.24) is 0 Å². The molecule has 0 aliphatic carbocycles. The number of phosphoric acid groups is 2. The number of hydrogen-bond acceptors (Lipinski definition) is 15. The van der Waals surface area contributed by atoms with E-state index < -0.39 is 97.5 Å². The third-order valence-electron chi connectivity index (χ3n) is 17.5. The third kappa shape index (κ3) is 73.1. The molecule has 0 amide bonds. The van der Waals surface area contributed by atoms with Crippen LogP contribution in [-0.2, 0) is 65.4 Å². The molecule has 584 valence electrons. The first kappa shape index (κ1) is 96.8. The Hall–Kier alpha value is -3.24. The lowest BCUT2D eigenvalue weighted by molar-refractivity contribution is -0.161. The number of esters is 4. The van der Waals surface area contributed by atoms with Crippen molar-refractivity contribution in [2.75, 3.05) is 39.6 Å². The molecule has 0 aromatic rings. The fourth-order valence-electron chi connectivity index (χ4n) is 11.3. The molecule has 5 atom stereocenters. The van der Waals surface area contributed by atoms with E-state index in [1.54, 1.807) is 0 Å². The van der Waals surface area contributed by atoms with Crippen molar-refractivity contribution in [1.29, 1.82) is 0 Å². The fraction of sp³-hybridized carbons (Fsp3) is 0.827. The molecule has 0 aliphatic rings. The summed E-state index contributed by atoms with van der Waals surface area (Å²) >= 11 is 0. The van der Waals surface area contributed by atoms with Crippen LogP contribution in [0.2, 0.25) is 0 Å². The van der Waals surface area contributed by atoms with Crippen LogP contribution in [0.15, 0.2) is 60.8 Å². The summed E-state index contributed by atoms with van der Waals surface area (Å²) in [6.07, 6.45) is 73.5. The van der Waals surface area contributed by atoms with Crippen LogP contribution in [0.3, 0.4) is 0 Å². The summed E-state index contributed by atoms with van der Waals surface area (Å²) in [5.41, 5.74) is 0. The molecule has 17 nitrogen and oxygen atoms in total. The maximum Gasteiger partial charge on any atom is 0.472 e. The van der Waals surface area contributed by atoms with E-state index in [2.05, 4.69) is 76.3 Å². The Kier molecular flexibility index (Phi) is 71.6. The maximum atomic E-state index is 13.1. The van der Waals surface area contributed by atoms with Crippen LogP contribution in [0.25, 0.3) is 0 Å². The third-order valence-corrected chi connectivity index (χ3v) is 19.4. The Balaban J connectivity index is 5.36. The van der Waals surface area contributed by atoms with Crippen molar-refractivity contribution < 1.29 is 80.2 Å². The van der Waals surface area contributed by atoms with Gasteiger partial charge in [0.2, 0.25) is 0 Å². The Morgan fingerprint density at radius 1 is 0.280 bits per heavy atom. The van der Waals surface area contributed by atoms with Crippen LogP contribution in [-0.4, -0.2) is 96.7 Å². The van der Waals surface area contributed by atoms with Crippen molar-refractivity contribution in [2.45, 2.75) is 393 Å². The number of carbonyl (C=O) groups is 4. The van der Waals surface area contributed by atoms with Gasteiger partial charge in [-0.05, 0) is 89.9 Å². The Bertz CT molecular complexity index is 2130. The predicted octanol–water partition coefficient (Wildman–Crippen LogP) is 23.5. The van der Waals surface area contributed by atoms with Gasteiger partial charge in [-0.25, -0.2) is 9.13 Å². The van der Waals surface area contributed by atoms with Gasteiger partial charge in [-0.3, -0.25) is 37.3 Å². The molecule has 19 heteroatoms. The topological polar surface area (TPSA) is 237 Å². The highest BCUT2D eigenvalue weighted by molar-refractivity contribution is 7.47. The lowest BCUT2D eigenvalue weighted by atomic mass is 10.0. The molecule has 0 saturated carbocycles. The second kappa shape index (κ2) is 74.0. The second-order valence-corrected chi connectivity index (χ2v) is 30.3. The standard InChI is InChI=1S/C81H148O17P2/c1-5-9-13-17-21-25-29-33-36-37-40-44-48-52-56-60-64-68-81(86)98-77(72-92-79(84)66-62-58-54-50-46-43-39-35-31-27-23-19-15-11-7-3)74-96-100(89,90)94-70-75(82)69-93-99(87,88)95-73-76(97-80(85)67-63-59-55-51-47-41-32-28-24-20-16-12-8-4)71-91-78(83)65-61-57-53-49-45-42-38-34-30-26-22-18-14-10-6-2/h21,25,28,32-33,36,40,44,52,56,75-77,82H,5-20,22-24,26-27,29-31,34-35,37-39,41-43,45-51,53-55,57-74H2,1-4H3,(H,87,88)(H,89,90)/b25-21-,32-28-,36-33-,44-40-,56-52-/t75-,76+,77+/m0/s1. The molecule has 0 aromatic carbocycles. The van der Waals surface area contributed by atoms with E-state index >= 15 is 0 Å². The predicted molar refractivity (Wildman–Crippen MR) is 409 cm³/mol. The summed E-state index contributed by atoms with van der Waals surface area (Å²) in [4.78, 5) is 73.0. The van der Waals surface area contributed by atoms with Crippen molar-refractivity contribution in [2.24, 2.45) is 0 Å². The number of rotatable bonds is 77. The fourth-order valence-corrected chi connectivity index (χ4v) is 12.8. The van der Waals surface area contributed by atoms with Crippen molar-refractivity contribution in [3.05, 3.63) is 60.8 Å². The molecule has 3 N–H and O–H groups in total. The van der Waals surface area contributed by atoms with E-state index in [0.717, 1.165) is 103 Å². The molecule has 0 aromatic heterocycles. The number of aliphatic hydroxyl groups excluding tert-OH is 1. The molecule has 0 bridgehead atoms. The van der Waals surface area contributed by atoms with Crippen LogP contribution in [0.4, 0.5) is 0 Å². The van der Waals surface area contributed by atoms with Gasteiger partial charge in [-0.1, -0.05) is 320 Å². The van der Waals surface area contributed by atoms with Crippen LogP contribution in [0, 0.1) is 0 Å². The molecule has 0 aliphatic heterocycles. The summed E-state index contributed by atoms with van der Waals surface area (Å²) in [6.45, 7) is 4.84. The Morgan fingerprint density at radius 2 is 0.500 bits per heavy atom. The second-order valence-electron chi connectivity index (χ2n) is 27.4. The Labute approximate surface area is 610 Å². The highest BCUT2D eigenvalue weighted by Gasteiger charge is 2.30. The van der Waals surface area contributed by atoms with Gasteiger partial charge in [0.1, 0.15) is 19.3 Å². The zero-order valence-electron chi connectivity index (χ0n) is 63.9. The van der Waals surface area contributed by atoms with Gasteiger partial charge >= 0.3 is 39.5 Å². The number of aliphatic hydroxyl groups is 1. The number of allylic oxidation sites excluding steroid dienone is 10. The van der Waals surface area contributed by atoms with E-state index in [-0.39, 0.29) is 25.7 Å². The molecule has 100 heavy (non-hydrogen) atoms. The molecule has 0 saturated heterocycles. The first-order chi connectivity index (χ1) is 48.7. The lowest BCUT2D eigenvalue weighted by Crippen LogP contribution is -2.30. The number of unbranched alkanes of at least 4 members (excludes halogenated alkanes) is 41. The monoisotopic (exact) mass is 1460 g/mol. The van der Waals surface area contributed by atoms with E-state index in [9.17, 15) is 43.2 Å². The largest absolute Gasteiger partial charge is 0.472 e. The lowest BCUT2D eigenvalue weighted by Gasteiger charge is -2.21. The van der Waals surface area contributed by atoms with Crippen molar-refractivity contribution in [3.63, 3.8) is 0 Å². The minimum Gasteiger partial charge on any atom is -0.462 e. The Morgan fingerprint density at radius 3 is 0.830 bits per heavy atom.